The second-order valence-electron chi connectivity index (χ2n) is 6.19. The molecule has 0 aromatic heterocycles. The van der Waals surface area contributed by atoms with E-state index in [4.69, 9.17) is 0 Å². The third-order valence-electron chi connectivity index (χ3n) is 3.52. The fraction of sp³-hybridized carbons (Fsp3) is 0.588. The van der Waals surface area contributed by atoms with Crippen LogP contribution in [-0.2, 0) is 4.79 Å². The van der Waals surface area contributed by atoms with Crippen molar-refractivity contribution in [3.8, 4) is 0 Å². The molecule has 1 amide bonds. The average molecular weight is 292 g/mol. The van der Waals surface area contributed by atoms with Crippen LogP contribution in [0.1, 0.15) is 37.5 Å². The molecule has 1 rings (SSSR count). The molecule has 2 N–H and O–H groups in total. The van der Waals surface area contributed by atoms with Gasteiger partial charge in [-0.1, -0.05) is 17.7 Å². The zero-order chi connectivity index (χ0) is 16.2. The lowest BCUT2D eigenvalue weighted by Crippen LogP contribution is -2.41. The zero-order valence-electron chi connectivity index (χ0n) is 14.0. The van der Waals surface area contributed by atoms with Gasteiger partial charge in [0.1, 0.15) is 0 Å². The number of rotatable bonds is 6. The lowest BCUT2D eigenvalue weighted by molar-refractivity contribution is -0.118. The zero-order valence-corrected chi connectivity index (χ0v) is 14.0. The van der Waals surface area contributed by atoms with Crippen LogP contribution < -0.4 is 5.32 Å². The summed E-state index contributed by atoms with van der Waals surface area (Å²) in [5, 5.41) is 12.5. The number of aliphatic hydroxyl groups excluding tert-OH is 1. The maximum atomic E-state index is 12.3. The van der Waals surface area contributed by atoms with Crippen LogP contribution >= 0.6 is 0 Å². The summed E-state index contributed by atoms with van der Waals surface area (Å²) in [7, 11) is 0. The molecule has 0 radical (unpaired) electrons. The van der Waals surface area contributed by atoms with E-state index in [1.54, 1.807) is 6.92 Å². The Morgan fingerprint density at radius 2 is 1.71 bits per heavy atom. The first kappa shape index (κ1) is 17.7. The Balaban J connectivity index is 2.77. The maximum absolute atomic E-state index is 12.3. The largest absolute Gasteiger partial charge is 0.392 e. The van der Waals surface area contributed by atoms with E-state index >= 15 is 0 Å². The van der Waals surface area contributed by atoms with Crippen molar-refractivity contribution in [2.45, 2.75) is 53.7 Å². The standard InChI is InChI=1S/C17H28N2O2/c1-11(2)19(9-15(6)20)10-16(21)18-17-13(4)7-12(3)8-14(17)5/h7-8,11,15,20H,9-10H2,1-6H3,(H,18,21). The van der Waals surface area contributed by atoms with E-state index in [1.807, 2.05) is 32.6 Å². The molecule has 0 heterocycles. The fourth-order valence-electron chi connectivity index (χ4n) is 2.54. The van der Waals surface area contributed by atoms with Gasteiger partial charge in [0.2, 0.25) is 5.91 Å². The first-order valence-corrected chi connectivity index (χ1v) is 7.50. The quantitative estimate of drug-likeness (QED) is 0.847. The number of carbonyl (C=O) groups excluding carboxylic acids is 1. The van der Waals surface area contributed by atoms with Crippen molar-refractivity contribution in [1.29, 1.82) is 0 Å². The van der Waals surface area contributed by atoms with Crippen LogP contribution in [0.4, 0.5) is 5.69 Å². The van der Waals surface area contributed by atoms with Gasteiger partial charge in [-0.2, -0.15) is 0 Å². The summed E-state index contributed by atoms with van der Waals surface area (Å²) in [6.45, 7) is 12.6. The average Bonchev–Trinajstić information content (AvgIpc) is 2.32. The number of aryl methyl sites for hydroxylation is 3. The van der Waals surface area contributed by atoms with E-state index < -0.39 is 6.10 Å². The normalized spacial score (nSPS) is 12.8. The predicted octanol–water partition coefficient (Wildman–Crippen LogP) is 2.64. The second kappa shape index (κ2) is 7.57. The number of nitrogens with one attached hydrogen (secondary N) is 1. The summed E-state index contributed by atoms with van der Waals surface area (Å²) in [4.78, 5) is 14.2. The summed E-state index contributed by atoms with van der Waals surface area (Å²) in [6.07, 6.45) is -0.442. The van der Waals surface area contributed by atoms with E-state index in [2.05, 4.69) is 24.4 Å². The SMILES string of the molecule is Cc1cc(C)c(NC(=O)CN(CC(C)O)C(C)C)c(C)c1. The van der Waals surface area contributed by atoms with Crippen molar-refractivity contribution >= 4 is 11.6 Å². The van der Waals surface area contributed by atoms with Crippen LogP contribution in [0.15, 0.2) is 12.1 Å². The molecule has 0 saturated heterocycles. The van der Waals surface area contributed by atoms with Gasteiger partial charge in [-0.15, -0.1) is 0 Å². The Bertz CT molecular complexity index is 473. The Morgan fingerprint density at radius 3 is 2.14 bits per heavy atom. The predicted molar refractivity (Wildman–Crippen MR) is 87.7 cm³/mol. The topological polar surface area (TPSA) is 52.6 Å². The fourth-order valence-corrected chi connectivity index (χ4v) is 2.54. The molecule has 0 bridgehead atoms. The van der Waals surface area contributed by atoms with E-state index in [9.17, 15) is 9.90 Å². The molecule has 0 spiro atoms. The smallest absolute Gasteiger partial charge is 0.238 e. The molecule has 1 aromatic rings. The highest BCUT2D eigenvalue weighted by Gasteiger charge is 2.17. The van der Waals surface area contributed by atoms with E-state index in [-0.39, 0.29) is 18.5 Å². The molecule has 1 unspecified atom stereocenters. The minimum absolute atomic E-state index is 0.0422. The molecule has 0 fully saturated rings. The Labute approximate surface area is 128 Å². The lowest BCUT2D eigenvalue weighted by atomic mass is 10.1. The molecule has 0 saturated carbocycles. The summed E-state index contributed by atoms with van der Waals surface area (Å²) in [5.41, 5.74) is 4.24. The minimum Gasteiger partial charge on any atom is -0.392 e. The van der Waals surface area contributed by atoms with Gasteiger partial charge in [-0.3, -0.25) is 9.69 Å². The minimum atomic E-state index is -0.442. The number of nitrogens with zero attached hydrogens (tertiary/aromatic N) is 1. The van der Waals surface area contributed by atoms with E-state index in [1.165, 1.54) is 5.56 Å². The number of aliphatic hydroxyl groups is 1. The highest BCUT2D eigenvalue weighted by molar-refractivity contribution is 5.93. The molecule has 0 aliphatic rings. The molecule has 0 aliphatic carbocycles. The molecular weight excluding hydrogens is 264 g/mol. The first-order valence-electron chi connectivity index (χ1n) is 7.50. The van der Waals surface area contributed by atoms with Crippen molar-refractivity contribution in [3.63, 3.8) is 0 Å². The highest BCUT2D eigenvalue weighted by Crippen LogP contribution is 2.21. The van der Waals surface area contributed by atoms with Gasteiger partial charge >= 0.3 is 0 Å². The third kappa shape index (κ3) is 5.48. The van der Waals surface area contributed by atoms with Gasteiger partial charge in [-0.25, -0.2) is 0 Å². The van der Waals surface area contributed by atoms with Gasteiger partial charge < -0.3 is 10.4 Å². The maximum Gasteiger partial charge on any atom is 0.238 e. The number of benzene rings is 1. The Morgan fingerprint density at radius 1 is 1.19 bits per heavy atom. The van der Waals surface area contributed by atoms with Crippen molar-refractivity contribution < 1.29 is 9.90 Å². The molecule has 21 heavy (non-hydrogen) atoms. The van der Waals surface area contributed by atoms with Crippen LogP contribution in [0.3, 0.4) is 0 Å². The van der Waals surface area contributed by atoms with Crippen LogP contribution in [0.5, 0.6) is 0 Å². The number of carbonyl (C=O) groups is 1. The van der Waals surface area contributed by atoms with Gasteiger partial charge in [0.05, 0.1) is 12.6 Å². The molecular formula is C17H28N2O2. The van der Waals surface area contributed by atoms with Crippen molar-refractivity contribution in [1.82, 2.24) is 4.90 Å². The molecule has 0 aliphatic heterocycles. The van der Waals surface area contributed by atoms with Crippen molar-refractivity contribution in [3.05, 3.63) is 28.8 Å². The summed E-state index contributed by atoms with van der Waals surface area (Å²) < 4.78 is 0. The molecule has 118 valence electrons. The van der Waals surface area contributed by atoms with Gasteiger partial charge in [0, 0.05) is 18.3 Å². The van der Waals surface area contributed by atoms with Crippen molar-refractivity contribution in [2.24, 2.45) is 0 Å². The van der Waals surface area contributed by atoms with Gasteiger partial charge in [0.15, 0.2) is 0 Å². The second-order valence-corrected chi connectivity index (χ2v) is 6.19. The number of hydrogen-bond donors (Lipinski definition) is 2. The van der Waals surface area contributed by atoms with Crippen LogP contribution in [0, 0.1) is 20.8 Å². The number of anilines is 1. The Kier molecular flexibility index (Phi) is 6.37. The molecule has 4 nitrogen and oxygen atoms in total. The monoisotopic (exact) mass is 292 g/mol. The molecule has 4 heteroatoms. The van der Waals surface area contributed by atoms with Gasteiger partial charge in [-0.05, 0) is 52.7 Å². The first-order chi connectivity index (χ1) is 9.70. The third-order valence-corrected chi connectivity index (χ3v) is 3.52. The lowest BCUT2D eigenvalue weighted by Gasteiger charge is -2.27. The molecule has 1 aromatic carbocycles. The summed E-state index contributed by atoms with van der Waals surface area (Å²) in [6, 6.07) is 4.35. The Hall–Kier alpha value is -1.39. The van der Waals surface area contributed by atoms with Crippen molar-refractivity contribution in [2.75, 3.05) is 18.4 Å². The highest BCUT2D eigenvalue weighted by atomic mass is 16.3. The van der Waals surface area contributed by atoms with E-state index in [0.717, 1.165) is 16.8 Å². The summed E-state index contributed by atoms with van der Waals surface area (Å²) in [5.74, 6) is -0.0422. The summed E-state index contributed by atoms with van der Waals surface area (Å²) >= 11 is 0. The van der Waals surface area contributed by atoms with Crippen LogP contribution in [0.2, 0.25) is 0 Å². The van der Waals surface area contributed by atoms with Crippen LogP contribution in [-0.4, -0.2) is 41.1 Å². The number of amides is 1. The number of hydrogen-bond acceptors (Lipinski definition) is 3. The van der Waals surface area contributed by atoms with Gasteiger partial charge in [0.25, 0.3) is 0 Å². The molecule has 1 atom stereocenters. The van der Waals surface area contributed by atoms with Crippen LogP contribution in [0.25, 0.3) is 0 Å². The van der Waals surface area contributed by atoms with E-state index in [0.29, 0.717) is 6.54 Å².